The van der Waals surface area contributed by atoms with Crippen LogP contribution >= 0.6 is 0 Å². The van der Waals surface area contributed by atoms with E-state index in [2.05, 4.69) is 17.2 Å². The predicted molar refractivity (Wildman–Crippen MR) is 62.3 cm³/mol. The zero-order valence-corrected chi connectivity index (χ0v) is 9.68. The molecule has 1 N–H and O–H groups in total. The molecule has 0 spiro atoms. The third-order valence-electron chi connectivity index (χ3n) is 4.66. The highest BCUT2D eigenvalue weighted by Gasteiger charge is 2.50. The van der Waals surface area contributed by atoms with E-state index in [-0.39, 0.29) is 0 Å². The highest BCUT2D eigenvalue weighted by Crippen LogP contribution is 2.59. The van der Waals surface area contributed by atoms with Crippen LogP contribution in [0.3, 0.4) is 0 Å². The third-order valence-corrected chi connectivity index (χ3v) is 4.66. The zero-order chi connectivity index (χ0) is 10.3. The van der Waals surface area contributed by atoms with Gasteiger partial charge in [0.25, 0.3) is 0 Å². The number of hydrogen-bond donors (Lipinski definition) is 1. The maximum absolute atomic E-state index is 3.62. The summed E-state index contributed by atoms with van der Waals surface area (Å²) in [5.41, 5.74) is 0.450. The summed E-state index contributed by atoms with van der Waals surface area (Å²) in [5.74, 6) is 10.0. The van der Waals surface area contributed by atoms with E-state index in [0.29, 0.717) is 5.41 Å². The Labute approximate surface area is 93.0 Å². The van der Waals surface area contributed by atoms with Crippen molar-refractivity contribution in [2.75, 3.05) is 13.6 Å². The van der Waals surface area contributed by atoms with Crippen molar-refractivity contribution < 1.29 is 0 Å². The minimum Gasteiger partial charge on any atom is -0.309 e. The van der Waals surface area contributed by atoms with Crippen LogP contribution in [-0.4, -0.2) is 13.6 Å². The second kappa shape index (κ2) is 3.52. The molecule has 0 saturated heterocycles. The Morgan fingerprint density at radius 1 is 1.07 bits per heavy atom. The SMILES string of the molecule is CNCC#CC12CC3CC(CC(C3)C1)C2. The Balaban J connectivity index is 1.79. The summed E-state index contributed by atoms with van der Waals surface area (Å²) in [4.78, 5) is 0. The van der Waals surface area contributed by atoms with Crippen LogP contribution in [0.2, 0.25) is 0 Å². The van der Waals surface area contributed by atoms with Crippen LogP contribution < -0.4 is 5.32 Å². The van der Waals surface area contributed by atoms with Gasteiger partial charge in [0.05, 0.1) is 6.54 Å². The van der Waals surface area contributed by atoms with Crippen LogP contribution in [0.25, 0.3) is 0 Å². The average molecular weight is 203 g/mol. The fraction of sp³-hybridized carbons (Fsp3) is 0.857. The third kappa shape index (κ3) is 1.70. The fourth-order valence-corrected chi connectivity index (χ4v) is 4.58. The van der Waals surface area contributed by atoms with E-state index in [1.165, 1.54) is 38.5 Å². The van der Waals surface area contributed by atoms with Gasteiger partial charge in [0.1, 0.15) is 0 Å². The molecule has 1 heteroatoms. The molecule has 0 aromatic heterocycles. The molecule has 1 nitrogen and oxygen atoms in total. The molecular formula is C14H21N. The van der Waals surface area contributed by atoms with Crippen LogP contribution in [0.15, 0.2) is 0 Å². The predicted octanol–water partition coefficient (Wildman–Crippen LogP) is 2.43. The van der Waals surface area contributed by atoms with E-state index >= 15 is 0 Å². The van der Waals surface area contributed by atoms with Crippen LogP contribution in [-0.2, 0) is 0 Å². The van der Waals surface area contributed by atoms with E-state index < -0.39 is 0 Å². The lowest BCUT2D eigenvalue weighted by molar-refractivity contribution is -0.0181. The van der Waals surface area contributed by atoms with E-state index in [1.54, 1.807) is 0 Å². The molecule has 0 aromatic carbocycles. The summed E-state index contributed by atoms with van der Waals surface area (Å²) in [6.45, 7) is 0.863. The number of hydrogen-bond acceptors (Lipinski definition) is 1. The molecule has 0 aliphatic heterocycles. The first-order valence-electron chi connectivity index (χ1n) is 6.44. The maximum Gasteiger partial charge on any atom is 0.0574 e. The van der Waals surface area contributed by atoms with Gasteiger partial charge in [-0.25, -0.2) is 0 Å². The standard InChI is InChI=1S/C14H21N/c1-15-4-2-3-14-8-11-5-12(9-14)7-13(6-11)10-14/h11-13,15H,4-10H2,1H3. The average Bonchev–Trinajstić information content (AvgIpc) is 2.15. The van der Waals surface area contributed by atoms with Crippen molar-refractivity contribution in [1.29, 1.82) is 0 Å². The largest absolute Gasteiger partial charge is 0.309 e. The first-order valence-corrected chi connectivity index (χ1v) is 6.44. The summed E-state index contributed by atoms with van der Waals surface area (Å²) in [7, 11) is 1.98. The van der Waals surface area contributed by atoms with Gasteiger partial charge in [-0.2, -0.15) is 0 Å². The Kier molecular flexibility index (Phi) is 2.29. The number of rotatable bonds is 1. The first kappa shape index (κ1) is 9.73. The molecule has 0 unspecified atom stereocenters. The summed E-state index contributed by atoms with van der Waals surface area (Å²) in [6.07, 6.45) is 8.80. The molecule has 0 heterocycles. The smallest absolute Gasteiger partial charge is 0.0574 e. The lowest BCUT2D eigenvalue weighted by Gasteiger charge is -2.54. The van der Waals surface area contributed by atoms with Gasteiger partial charge >= 0.3 is 0 Å². The molecule has 15 heavy (non-hydrogen) atoms. The minimum absolute atomic E-state index is 0.450. The summed E-state index contributed by atoms with van der Waals surface area (Å²) in [5, 5.41) is 3.13. The van der Waals surface area contributed by atoms with Gasteiger partial charge in [-0.05, 0) is 63.3 Å². The van der Waals surface area contributed by atoms with Crippen LogP contribution in [0.4, 0.5) is 0 Å². The second-order valence-corrected chi connectivity index (χ2v) is 6.03. The van der Waals surface area contributed by atoms with Gasteiger partial charge in [-0.1, -0.05) is 11.8 Å². The van der Waals surface area contributed by atoms with Crippen LogP contribution in [0.1, 0.15) is 38.5 Å². The molecule has 4 aliphatic carbocycles. The fourth-order valence-electron chi connectivity index (χ4n) is 4.58. The van der Waals surface area contributed by atoms with Crippen molar-refractivity contribution in [3.05, 3.63) is 0 Å². The van der Waals surface area contributed by atoms with E-state index in [4.69, 9.17) is 0 Å². The van der Waals surface area contributed by atoms with Crippen molar-refractivity contribution in [3.8, 4) is 11.8 Å². The van der Waals surface area contributed by atoms with E-state index in [0.717, 1.165) is 24.3 Å². The molecule has 4 saturated carbocycles. The molecule has 4 bridgehead atoms. The van der Waals surface area contributed by atoms with Gasteiger partial charge < -0.3 is 5.32 Å². The molecule has 0 atom stereocenters. The second-order valence-electron chi connectivity index (χ2n) is 6.03. The highest BCUT2D eigenvalue weighted by molar-refractivity contribution is 5.19. The van der Waals surface area contributed by atoms with Crippen molar-refractivity contribution in [3.63, 3.8) is 0 Å². The quantitative estimate of drug-likeness (QED) is 0.645. The van der Waals surface area contributed by atoms with Gasteiger partial charge in [-0.3, -0.25) is 0 Å². The van der Waals surface area contributed by atoms with E-state index in [9.17, 15) is 0 Å². The molecule has 4 aliphatic rings. The Morgan fingerprint density at radius 2 is 1.60 bits per heavy atom. The minimum atomic E-state index is 0.450. The topological polar surface area (TPSA) is 12.0 Å². The lowest BCUT2D eigenvalue weighted by atomic mass is 9.50. The summed E-state index contributed by atoms with van der Waals surface area (Å²) < 4.78 is 0. The Morgan fingerprint density at radius 3 is 2.07 bits per heavy atom. The zero-order valence-electron chi connectivity index (χ0n) is 9.68. The summed E-state index contributed by atoms with van der Waals surface area (Å²) >= 11 is 0. The van der Waals surface area contributed by atoms with Crippen molar-refractivity contribution in [2.24, 2.45) is 23.2 Å². The van der Waals surface area contributed by atoms with Gasteiger partial charge in [0, 0.05) is 5.41 Å². The van der Waals surface area contributed by atoms with Gasteiger partial charge in [0.2, 0.25) is 0 Å². The number of nitrogens with one attached hydrogen (secondary N) is 1. The van der Waals surface area contributed by atoms with Crippen molar-refractivity contribution in [2.45, 2.75) is 38.5 Å². The van der Waals surface area contributed by atoms with Crippen LogP contribution in [0.5, 0.6) is 0 Å². The summed E-state index contributed by atoms with van der Waals surface area (Å²) in [6, 6.07) is 0. The van der Waals surface area contributed by atoms with Crippen LogP contribution in [0, 0.1) is 35.0 Å². The highest BCUT2D eigenvalue weighted by atomic mass is 14.8. The molecule has 4 rings (SSSR count). The molecule has 4 fully saturated rings. The monoisotopic (exact) mass is 203 g/mol. The normalized spacial score (nSPS) is 46.3. The Hall–Kier alpha value is -0.480. The van der Waals surface area contributed by atoms with Gasteiger partial charge in [0.15, 0.2) is 0 Å². The molecule has 82 valence electrons. The van der Waals surface area contributed by atoms with Crippen molar-refractivity contribution >= 4 is 0 Å². The molecule has 0 amide bonds. The van der Waals surface area contributed by atoms with Crippen molar-refractivity contribution in [1.82, 2.24) is 5.32 Å². The molecular weight excluding hydrogens is 182 g/mol. The lowest BCUT2D eigenvalue weighted by Crippen LogP contribution is -2.45. The first-order chi connectivity index (χ1) is 7.30. The van der Waals surface area contributed by atoms with Gasteiger partial charge in [-0.15, -0.1) is 0 Å². The Bertz CT molecular complexity index is 272. The van der Waals surface area contributed by atoms with E-state index in [1.807, 2.05) is 7.05 Å². The maximum atomic E-state index is 3.62. The molecule has 0 aromatic rings. The molecule has 0 radical (unpaired) electrons.